The first-order valence-corrected chi connectivity index (χ1v) is 9.52. The lowest BCUT2D eigenvalue weighted by molar-refractivity contribution is -0.139. The first kappa shape index (κ1) is 17.9. The van der Waals surface area contributed by atoms with Gasteiger partial charge in [-0.3, -0.25) is 0 Å². The summed E-state index contributed by atoms with van der Waals surface area (Å²) in [4.78, 5) is 22.7. The van der Waals surface area contributed by atoms with Crippen LogP contribution in [-0.4, -0.2) is 15.9 Å². The molecule has 4 rings (SSSR count). The van der Waals surface area contributed by atoms with Gasteiger partial charge in [0.1, 0.15) is 5.82 Å². The minimum atomic E-state index is -0.454. The Morgan fingerprint density at radius 1 is 1.00 bits per heavy atom. The van der Waals surface area contributed by atoms with E-state index in [2.05, 4.69) is 22.1 Å². The number of hydrogen-bond acceptors (Lipinski definition) is 6. The summed E-state index contributed by atoms with van der Waals surface area (Å²) in [5, 5.41) is 0.782. The van der Waals surface area contributed by atoms with Crippen molar-refractivity contribution >= 4 is 40.1 Å². The van der Waals surface area contributed by atoms with Crippen LogP contribution in [0.1, 0.15) is 10.7 Å². The number of hydrogen-bond donors (Lipinski definition) is 1. The number of nitrogen functional groups attached to an aromatic ring is 1. The summed E-state index contributed by atoms with van der Waals surface area (Å²) < 4.78 is 5.24. The molecule has 4 aromatic rings. The number of nitrogens with zero attached hydrogens (tertiary/aromatic N) is 2. The van der Waals surface area contributed by atoms with Crippen LogP contribution in [0.2, 0.25) is 0 Å². The number of ether oxygens (including phenoxy) is 1. The van der Waals surface area contributed by atoms with E-state index in [9.17, 15) is 4.79 Å². The van der Waals surface area contributed by atoms with Crippen molar-refractivity contribution in [1.29, 1.82) is 0 Å². The molecule has 0 aliphatic rings. The van der Waals surface area contributed by atoms with Crippen LogP contribution in [0.3, 0.4) is 0 Å². The molecule has 2 heterocycles. The highest BCUT2D eigenvalue weighted by Gasteiger charge is 2.07. The van der Waals surface area contributed by atoms with Crippen LogP contribution < -0.4 is 5.73 Å². The fraction of sp³-hybridized carbons (Fsp3) is 0.0455. The lowest BCUT2D eigenvalue weighted by Gasteiger charge is -2.05. The number of para-hydroxylation sites is 1. The number of anilines is 1. The third-order valence-electron chi connectivity index (χ3n) is 4.09. The van der Waals surface area contributed by atoms with Gasteiger partial charge in [0.05, 0.1) is 5.52 Å². The molecule has 2 aromatic carbocycles. The number of aromatic nitrogens is 2. The summed E-state index contributed by atoms with van der Waals surface area (Å²) in [6, 6.07) is 21.6. The Balaban J connectivity index is 1.39. The Morgan fingerprint density at radius 3 is 2.64 bits per heavy atom. The molecular formula is C22H17N3O2S. The molecule has 0 aliphatic carbocycles. The molecule has 0 unspecified atom stereocenters. The topological polar surface area (TPSA) is 78.1 Å². The van der Waals surface area contributed by atoms with Crippen molar-refractivity contribution in [3.8, 4) is 10.4 Å². The highest BCUT2D eigenvalue weighted by Crippen LogP contribution is 2.28. The molecule has 0 spiro atoms. The molecule has 0 amide bonds. The lowest BCUT2D eigenvalue weighted by atomic mass is 10.2. The highest BCUT2D eigenvalue weighted by molar-refractivity contribution is 7.16. The third-order valence-corrected chi connectivity index (χ3v) is 5.19. The maximum absolute atomic E-state index is 12.0. The minimum absolute atomic E-state index is 0.0298. The van der Waals surface area contributed by atoms with Gasteiger partial charge in [-0.05, 0) is 35.9 Å². The smallest absolute Gasteiger partial charge is 0.331 e. The first-order valence-electron chi connectivity index (χ1n) is 8.70. The van der Waals surface area contributed by atoms with Crippen molar-refractivity contribution < 1.29 is 9.53 Å². The van der Waals surface area contributed by atoms with E-state index in [1.807, 2.05) is 54.6 Å². The standard InChI is InChI=1S/C22H17N3O2S/c23-22-17-8-4-5-9-18(17)24-20(25-22)14-27-21(26)13-11-16-10-12-19(28-16)15-6-2-1-3-7-15/h1-13H,14H2,(H2,23,24,25)/b13-11+. The number of benzene rings is 2. The largest absolute Gasteiger partial charge is 0.454 e. The molecule has 2 aromatic heterocycles. The molecule has 0 bridgehead atoms. The number of carbonyl (C=O) groups is 1. The number of nitrogens with two attached hydrogens (primary N) is 1. The van der Waals surface area contributed by atoms with Crippen LogP contribution in [0.4, 0.5) is 5.82 Å². The summed E-state index contributed by atoms with van der Waals surface area (Å²) in [6.45, 7) is -0.0298. The van der Waals surface area contributed by atoms with Gasteiger partial charge in [0.15, 0.2) is 12.4 Å². The fourth-order valence-corrected chi connectivity index (χ4v) is 3.67. The second-order valence-electron chi connectivity index (χ2n) is 6.05. The Kier molecular flexibility index (Phi) is 5.12. The van der Waals surface area contributed by atoms with Gasteiger partial charge < -0.3 is 10.5 Å². The predicted molar refractivity (Wildman–Crippen MR) is 113 cm³/mol. The maximum Gasteiger partial charge on any atom is 0.331 e. The minimum Gasteiger partial charge on any atom is -0.454 e. The van der Waals surface area contributed by atoms with E-state index in [1.54, 1.807) is 17.4 Å². The summed E-state index contributed by atoms with van der Waals surface area (Å²) >= 11 is 1.61. The molecule has 0 atom stereocenters. The number of rotatable bonds is 5. The Labute approximate surface area is 166 Å². The molecule has 28 heavy (non-hydrogen) atoms. The maximum atomic E-state index is 12.0. The second-order valence-corrected chi connectivity index (χ2v) is 7.17. The van der Waals surface area contributed by atoms with E-state index in [-0.39, 0.29) is 6.61 Å². The van der Waals surface area contributed by atoms with E-state index in [1.165, 1.54) is 6.08 Å². The van der Waals surface area contributed by atoms with Gasteiger partial charge in [-0.2, -0.15) is 0 Å². The number of esters is 1. The molecule has 0 saturated carbocycles. The van der Waals surface area contributed by atoms with Gasteiger partial charge in [0.25, 0.3) is 0 Å². The number of thiophene rings is 1. The lowest BCUT2D eigenvalue weighted by Crippen LogP contribution is -2.06. The van der Waals surface area contributed by atoms with Crippen LogP contribution in [0.15, 0.2) is 72.8 Å². The summed E-state index contributed by atoms with van der Waals surface area (Å²) in [5.41, 5.74) is 7.82. The molecule has 0 radical (unpaired) electrons. The van der Waals surface area contributed by atoms with Crippen molar-refractivity contribution in [3.05, 3.63) is 83.5 Å². The van der Waals surface area contributed by atoms with E-state index >= 15 is 0 Å². The van der Waals surface area contributed by atoms with Gasteiger partial charge in [-0.1, -0.05) is 42.5 Å². The van der Waals surface area contributed by atoms with Crippen molar-refractivity contribution in [2.24, 2.45) is 0 Å². The Morgan fingerprint density at radius 2 is 1.79 bits per heavy atom. The van der Waals surface area contributed by atoms with Crippen LogP contribution in [0, 0.1) is 0 Å². The molecule has 0 saturated heterocycles. The highest BCUT2D eigenvalue weighted by atomic mass is 32.1. The van der Waals surface area contributed by atoms with Crippen LogP contribution in [0.5, 0.6) is 0 Å². The zero-order valence-corrected chi connectivity index (χ0v) is 15.7. The van der Waals surface area contributed by atoms with Crippen LogP contribution in [0.25, 0.3) is 27.4 Å². The Bertz CT molecular complexity index is 1150. The van der Waals surface area contributed by atoms with Crippen molar-refractivity contribution in [3.63, 3.8) is 0 Å². The van der Waals surface area contributed by atoms with Crippen molar-refractivity contribution in [2.45, 2.75) is 6.61 Å². The quantitative estimate of drug-likeness (QED) is 0.397. The van der Waals surface area contributed by atoms with Crippen molar-refractivity contribution in [2.75, 3.05) is 5.73 Å². The van der Waals surface area contributed by atoms with Gasteiger partial charge in [0, 0.05) is 21.2 Å². The molecule has 5 nitrogen and oxygen atoms in total. The second kappa shape index (κ2) is 8.02. The first-order chi connectivity index (χ1) is 13.7. The molecular weight excluding hydrogens is 370 g/mol. The van der Waals surface area contributed by atoms with Gasteiger partial charge >= 0.3 is 5.97 Å². The number of fused-ring (bicyclic) bond motifs is 1. The zero-order valence-electron chi connectivity index (χ0n) is 14.9. The zero-order chi connectivity index (χ0) is 19.3. The summed E-state index contributed by atoms with van der Waals surface area (Å²) in [6.07, 6.45) is 3.15. The summed E-state index contributed by atoms with van der Waals surface area (Å²) in [5.74, 6) is 0.296. The molecule has 0 fully saturated rings. The number of carbonyl (C=O) groups excluding carboxylic acids is 1. The Hall–Kier alpha value is -3.51. The van der Waals surface area contributed by atoms with Crippen molar-refractivity contribution in [1.82, 2.24) is 9.97 Å². The van der Waals surface area contributed by atoms with E-state index in [0.29, 0.717) is 11.6 Å². The third kappa shape index (κ3) is 4.07. The predicted octanol–water partition coefficient (Wildman–Crippen LogP) is 4.70. The van der Waals surface area contributed by atoms with E-state index in [4.69, 9.17) is 10.5 Å². The SMILES string of the molecule is Nc1nc(COC(=O)/C=C/c2ccc(-c3ccccc3)s2)nc2ccccc12. The molecule has 0 aliphatic heterocycles. The van der Waals surface area contributed by atoms with Gasteiger partial charge in [0.2, 0.25) is 0 Å². The van der Waals surface area contributed by atoms with Crippen LogP contribution >= 0.6 is 11.3 Å². The normalized spacial score (nSPS) is 11.1. The van der Waals surface area contributed by atoms with E-state index < -0.39 is 5.97 Å². The average Bonchev–Trinajstić information content (AvgIpc) is 3.21. The molecule has 6 heteroatoms. The monoisotopic (exact) mass is 387 g/mol. The fourth-order valence-electron chi connectivity index (χ4n) is 2.75. The van der Waals surface area contributed by atoms with Crippen LogP contribution in [-0.2, 0) is 16.1 Å². The molecule has 2 N–H and O–H groups in total. The van der Waals surface area contributed by atoms with Gasteiger partial charge in [-0.25, -0.2) is 14.8 Å². The van der Waals surface area contributed by atoms with E-state index in [0.717, 1.165) is 26.2 Å². The molecule has 138 valence electrons. The summed E-state index contributed by atoms with van der Waals surface area (Å²) in [7, 11) is 0. The van der Waals surface area contributed by atoms with Gasteiger partial charge in [-0.15, -0.1) is 11.3 Å². The average molecular weight is 387 g/mol.